The summed E-state index contributed by atoms with van der Waals surface area (Å²) in [6.45, 7) is -0.0709. The van der Waals surface area contributed by atoms with Crippen LogP contribution in [0.5, 0.6) is 0 Å². The molecule has 0 aliphatic carbocycles. The number of carbonyl (C=O) groups is 4. The molecule has 2 aliphatic rings. The fraction of sp³-hybridized carbons (Fsp3) is 0.333. The van der Waals surface area contributed by atoms with Gasteiger partial charge in [0.2, 0.25) is 0 Å². The van der Waals surface area contributed by atoms with E-state index in [0.717, 1.165) is 16.2 Å². The van der Waals surface area contributed by atoms with Crippen LogP contribution in [0.25, 0.3) is 0 Å². The third kappa shape index (κ3) is 4.93. The van der Waals surface area contributed by atoms with Crippen LogP contribution in [0, 0.1) is 0 Å². The molecule has 1 saturated heterocycles. The maximum atomic E-state index is 12.7. The quantitative estimate of drug-likeness (QED) is 0.172. The van der Waals surface area contributed by atoms with Gasteiger partial charge in [0.05, 0.1) is 0 Å². The van der Waals surface area contributed by atoms with Crippen molar-refractivity contribution in [1.82, 2.24) is 20.1 Å². The van der Waals surface area contributed by atoms with Crippen LogP contribution in [0.1, 0.15) is 5.69 Å². The van der Waals surface area contributed by atoms with Gasteiger partial charge in [-0.3, -0.25) is 14.5 Å². The number of hydrogen-bond donors (Lipinski definition) is 4. The third-order valence-electron chi connectivity index (χ3n) is 4.55. The second kappa shape index (κ2) is 9.91. The van der Waals surface area contributed by atoms with Crippen molar-refractivity contribution in [3.63, 3.8) is 0 Å². The number of hydrogen-bond acceptors (Lipinski definition) is 11. The van der Waals surface area contributed by atoms with Crippen molar-refractivity contribution in [2.45, 2.75) is 11.4 Å². The Bertz CT molecular complexity index is 1080. The number of nitrogens with two attached hydrogens (primary N) is 1. The highest BCUT2D eigenvalue weighted by molar-refractivity contribution is 8.00. The van der Waals surface area contributed by atoms with E-state index in [0.29, 0.717) is 5.57 Å². The summed E-state index contributed by atoms with van der Waals surface area (Å²) in [5, 5.41) is 25.2. The van der Waals surface area contributed by atoms with Gasteiger partial charge in [0.1, 0.15) is 29.4 Å². The summed E-state index contributed by atoms with van der Waals surface area (Å²) in [6.07, 6.45) is 2.42. The number of oxime groups is 1. The van der Waals surface area contributed by atoms with Crippen molar-refractivity contribution in [2.24, 2.45) is 5.16 Å². The van der Waals surface area contributed by atoms with Crippen LogP contribution in [0.3, 0.4) is 0 Å². The number of nitrogens with one attached hydrogen (secondary N) is 1. The van der Waals surface area contributed by atoms with Gasteiger partial charge >= 0.3 is 12.1 Å². The first-order valence-electron chi connectivity index (χ1n) is 9.31. The minimum Gasteiger partial charge on any atom is -0.477 e. The van der Waals surface area contributed by atoms with E-state index in [2.05, 4.69) is 15.5 Å². The van der Waals surface area contributed by atoms with E-state index in [4.69, 9.17) is 10.5 Å². The van der Waals surface area contributed by atoms with Crippen molar-refractivity contribution in [2.75, 3.05) is 32.2 Å². The van der Waals surface area contributed by atoms with Gasteiger partial charge in [-0.15, -0.1) is 23.1 Å². The molecule has 1 aromatic rings. The van der Waals surface area contributed by atoms with Crippen LogP contribution in [-0.4, -0.2) is 92.6 Å². The maximum Gasteiger partial charge on any atom is 0.409 e. The zero-order valence-corrected chi connectivity index (χ0v) is 19.1. The largest absolute Gasteiger partial charge is 0.477 e. The predicted molar refractivity (Wildman–Crippen MR) is 119 cm³/mol. The van der Waals surface area contributed by atoms with Crippen LogP contribution >= 0.6 is 23.1 Å². The Balaban J connectivity index is 1.71. The summed E-state index contributed by atoms with van der Waals surface area (Å²) in [4.78, 5) is 54.7. The lowest BCUT2D eigenvalue weighted by molar-refractivity contribution is -0.150. The molecule has 2 aliphatic heterocycles. The van der Waals surface area contributed by atoms with Crippen molar-refractivity contribution >= 4 is 57.8 Å². The minimum atomic E-state index is -1.31. The summed E-state index contributed by atoms with van der Waals surface area (Å²) < 4.78 is 4.96. The second-order valence-electron chi connectivity index (χ2n) is 6.93. The van der Waals surface area contributed by atoms with Crippen molar-refractivity contribution < 1.29 is 34.2 Å². The van der Waals surface area contributed by atoms with Crippen LogP contribution in [0.15, 0.2) is 34.0 Å². The van der Waals surface area contributed by atoms with E-state index < -0.39 is 41.0 Å². The molecule has 3 rings (SSSR count). The summed E-state index contributed by atoms with van der Waals surface area (Å²) in [7, 11) is 3.06. The lowest BCUT2D eigenvalue weighted by Gasteiger charge is -2.49. The molecule has 33 heavy (non-hydrogen) atoms. The fourth-order valence-electron chi connectivity index (χ4n) is 3.03. The van der Waals surface area contributed by atoms with Gasteiger partial charge in [0, 0.05) is 25.2 Å². The number of aromatic nitrogens is 1. The molecule has 0 spiro atoms. The van der Waals surface area contributed by atoms with Gasteiger partial charge < -0.3 is 31.0 Å². The van der Waals surface area contributed by atoms with E-state index in [1.54, 1.807) is 0 Å². The first kappa shape index (κ1) is 24.1. The zero-order valence-electron chi connectivity index (χ0n) is 17.4. The SMILES string of the molecule is CN(C)C(=O)OC/C=C/C1=C(C(=O)O)N2C(=O)C(NC(=O)/C(=N/O)c3csc(N)n3)C2SC1. The van der Waals surface area contributed by atoms with E-state index in [-0.39, 0.29) is 28.9 Å². The number of thiazole rings is 1. The number of nitrogens with zero attached hydrogens (tertiary/aromatic N) is 4. The molecule has 1 aromatic heterocycles. The number of carboxylic acid groups (broad SMARTS) is 1. The van der Waals surface area contributed by atoms with Gasteiger partial charge in [-0.05, 0) is 11.6 Å². The molecule has 3 amide bonds. The molecule has 0 aromatic carbocycles. The number of thioether (sulfide) groups is 1. The average molecular weight is 497 g/mol. The van der Waals surface area contributed by atoms with Gasteiger partial charge in [-0.2, -0.15) is 0 Å². The smallest absolute Gasteiger partial charge is 0.409 e. The van der Waals surface area contributed by atoms with Crippen LogP contribution in [0.2, 0.25) is 0 Å². The lowest BCUT2D eigenvalue weighted by Crippen LogP contribution is -2.71. The number of aliphatic carboxylic acids is 1. The second-order valence-corrected chi connectivity index (χ2v) is 8.93. The van der Waals surface area contributed by atoms with Crippen LogP contribution in [0.4, 0.5) is 9.93 Å². The summed E-state index contributed by atoms with van der Waals surface area (Å²) in [5.74, 6) is -2.54. The molecule has 5 N–H and O–H groups in total. The number of rotatable bonds is 7. The monoisotopic (exact) mass is 496 g/mol. The van der Waals surface area contributed by atoms with Crippen LogP contribution < -0.4 is 11.1 Å². The fourth-order valence-corrected chi connectivity index (χ4v) is 4.90. The van der Waals surface area contributed by atoms with Crippen molar-refractivity contribution in [3.05, 3.63) is 34.5 Å². The van der Waals surface area contributed by atoms with E-state index >= 15 is 0 Å². The Hall–Kier alpha value is -3.59. The highest BCUT2D eigenvalue weighted by Gasteiger charge is 2.54. The molecule has 3 heterocycles. The average Bonchev–Trinajstić information content (AvgIpc) is 3.20. The van der Waals surface area contributed by atoms with E-state index in [1.165, 1.54) is 48.3 Å². The third-order valence-corrected chi connectivity index (χ3v) is 6.53. The van der Waals surface area contributed by atoms with E-state index in [9.17, 15) is 29.5 Å². The summed E-state index contributed by atoms with van der Waals surface area (Å²) in [6, 6.07) is -1.02. The first-order valence-corrected chi connectivity index (χ1v) is 11.2. The minimum absolute atomic E-state index is 0.0472. The number of anilines is 1. The van der Waals surface area contributed by atoms with Gasteiger partial charge in [0.25, 0.3) is 11.8 Å². The summed E-state index contributed by atoms with van der Waals surface area (Å²) >= 11 is 2.30. The Morgan fingerprint density at radius 1 is 1.45 bits per heavy atom. The number of fused-ring (bicyclic) bond motifs is 1. The van der Waals surface area contributed by atoms with Gasteiger partial charge in [0.15, 0.2) is 10.8 Å². The standard InChI is InChI=1S/C18H20N6O7S2/c1-23(2)18(29)31-5-3-4-8-6-32-15-11(14(26)24(15)12(8)16(27)28)21-13(25)10(22-30)9-7-33-17(19)20-9/h3-4,7,11,15,30H,5-6H2,1-2H3,(H2,19,20)(H,21,25)(H,27,28)/b4-3+,22-10+. The zero-order chi connectivity index (χ0) is 24.3. The molecule has 15 heteroatoms. The Morgan fingerprint density at radius 3 is 2.76 bits per heavy atom. The molecule has 176 valence electrons. The van der Waals surface area contributed by atoms with Crippen molar-refractivity contribution in [1.29, 1.82) is 0 Å². The Kier molecular flexibility index (Phi) is 7.23. The number of amides is 3. The molecular weight excluding hydrogens is 476 g/mol. The Labute approximate surface area is 195 Å². The predicted octanol–water partition coefficient (Wildman–Crippen LogP) is -0.103. The molecule has 0 radical (unpaired) electrons. The van der Waals surface area contributed by atoms with Crippen LogP contribution in [-0.2, 0) is 19.1 Å². The molecule has 2 atom stereocenters. The lowest BCUT2D eigenvalue weighted by atomic mass is 10.0. The number of carbonyl (C=O) groups excluding carboxylic acids is 3. The van der Waals surface area contributed by atoms with Gasteiger partial charge in [-0.25, -0.2) is 14.6 Å². The molecule has 0 bridgehead atoms. The maximum absolute atomic E-state index is 12.7. The number of allylic oxidation sites excluding steroid dienone is 1. The molecule has 1 fully saturated rings. The Morgan fingerprint density at radius 2 is 2.18 bits per heavy atom. The number of nitrogen functional groups attached to an aromatic ring is 1. The number of carboxylic acids is 1. The van der Waals surface area contributed by atoms with Gasteiger partial charge in [-0.1, -0.05) is 11.2 Å². The number of ether oxygens (including phenoxy) is 1. The van der Waals surface area contributed by atoms with E-state index in [1.807, 2.05) is 0 Å². The molecule has 2 unspecified atom stereocenters. The highest BCUT2D eigenvalue weighted by atomic mass is 32.2. The molecular formula is C18H20N6O7S2. The summed E-state index contributed by atoms with van der Waals surface area (Å²) in [5.41, 5.74) is 5.30. The number of β-lactam (4-membered cyclic amide) rings is 1. The first-order chi connectivity index (χ1) is 15.6. The van der Waals surface area contributed by atoms with Crippen molar-refractivity contribution in [3.8, 4) is 0 Å². The normalized spacial score (nSPS) is 20.4. The topological polar surface area (TPSA) is 188 Å². The molecule has 0 saturated carbocycles. The highest BCUT2D eigenvalue weighted by Crippen LogP contribution is 2.40. The molecule has 13 nitrogen and oxygen atoms in total.